The molecule has 0 atom stereocenters. The minimum atomic E-state index is -0.145. The van der Waals surface area contributed by atoms with E-state index in [4.69, 9.17) is 32.7 Å². The molecule has 24 heavy (non-hydrogen) atoms. The van der Waals surface area contributed by atoms with E-state index in [1.165, 1.54) is 0 Å². The van der Waals surface area contributed by atoms with E-state index in [-0.39, 0.29) is 12.3 Å². The lowest BCUT2D eigenvalue weighted by atomic mass is 10.2. The second-order valence-corrected chi connectivity index (χ2v) is 5.82. The number of rotatable bonds is 7. The van der Waals surface area contributed by atoms with E-state index in [0.717, 1.165) is 5.69 Å². The molecular formula is C17H18Cl2N2O3. The Hall–Kier alpha value is -2.11. The molecule has 5 nitrogen and oxygen atoms in total. The SMILES string of the molecule is COc1ccc(NCCC(=O)Nc2cc(Cl)cc(Cl)c2)c(OC)c1. The first kappa shape index (κ1) is 18.2. The standard InChI is InChI=1S/C17H18Cl2N2O3/c1-23-14-3-4-15(16(10-14)24-2)20-6-5-17(22)21-13-8-11(18)7-12(19)9-13/h3-4,7-10,20H,5-6H2,1-2H3,(H,21,22). The highest BCUT2D eigenvalue weighted by atomic mass is 35.5. The normalized spacial score (nSPS) is 10.2. The van der Waals surface area contributed by atoms with Crippen LogP contribution in [-0.4, -0.2) is 26.7 Å². The van der Waals surface area contributed by atoms with Crippen LogP contribution in [0.5, 0.6) is 11.5 Å². The third-order valence-corrected chi connectivity index (χ3v) is 3.66. The summed E-state index contributed by atoms with van der Waals surface area (Å²) < 4.78 is 10.4. The highest BCUT2D eigenvalue weighted by molar-refractivity contribution is 6.35. The van der Waals surface area contributed by atoms with Gasteiger partial charge in [-0.3, -0.25) is 4.79 Å². The third-order valence-electron chi connectivity index (χ3n) is 3.22. The number of carbonyl (C=O) groups is 1. The fourth-order valence-corrected chi connectivity index (χ4v) is 2.63. The number of benzene rings is 2. The van der Waals surface area contributed by atoms with Crippen LogP contribution in [0.3, 0.4) is 0 Å². The van der Waals surface area contributed by atoms with Gasteiger partial charge >= 0.3 is 0 Å². The fraction of sp³-hybridized carbons (Fsp3) is 0.235. The molecule has 7 heteroatoms. The lowest BCUT2D eigenvalue weighted by Gasteiger charge is -2.12. The Bertz CT molecular complexity index is 703. The summed E-state index contributed by atoms with van der Waals surface area (Å²) in [6, 6.07) is 10.3. The first-order valence-corrected chi connectivity index (χ1v) is 7.99. The van der Waals surface area contributed by atoms with Crippen molar-refractivity contribution in [1.82, 2.24) is 0 Å². The van der Waals surface area contributed by atoms with Gasteiger partial charge in [0.15, 0.2) is 0 Å². The summed E-state index contributed by atoms with van der Waals surface area (Å²) in [5, 5.41) is 6.86. The lowest BCUT2D eigenvalue weighted by Crippen LogP contribution is -2.16. The van der Waals surface area contributed by atoms with E-state index in [2.05, 4.69) is 10.6 Å². The van der Waals surface area contributed by atoms with Gasteiger partial charge in [0.25, 0.3) is 0 Å². The van der Waals surface area contributed by atoms with Crippen LogP contribution in [-0.2, 0) is 4.79 Å². The fourth-order valence-electron chi connectivity index (χ4n) is 2.10. The van der Waals surface area contributed by atoms with Crippen molar-refractivity contribution in [3.63, 3.8) is 0 Å². The van der Waals surface area contributed by atoms with Crippen molar-refractivity contribution < 1.29 is 14.3 Å². The first-order valence-electron chi connectivity index (χ1n) is 7.23. The number of carbonyl (C=O) groups excluding carboxylic acids is 1. The maximum atomic E-state index is 12.0. The Morgan fingerprint density at radius 1 is 1.04 bits per heavy atom. The molecule has 2 N–H and O–H groups in total. The maximum absolute atomic E-state index is 12.0. The Morgan fingerprint density at radius 3 is 2.38 bits per heavy atom. The van der Waals surface area contributed by atoms with E-state index in [9.17, 15) is 4.79 Å². The zero-order valence-electron chi connectivity index (χ0n) is 13.4. The molecule has 0 bridgehead atoms. The topological polar surface area (TPSA) is 59.6 Å². The van der Waals surface area contributed by atoms with Gasteiger partial charge in [-0.25, -0.2) is 0 Å². The van der Waals surface area contributed by atoms with E-state index < -0.39 is 0 Å². The molecule has 2 aromatic rings. The van der Waals surface area contributed by atoms with Crippen molar-refractivity contribution in [2.75, 3.05) is 31.4 Å². The second kappa shape index (κ2) is 8.66. The van der Waals surface area contributed by atoms with Crippen molar-refractivity contribution in [3.05, 3.63) is 46.4 Å². The smallest absolute Gasteiger partial charge is 0.226 e. The lowest BCUT2D eigenvalue weighted by molar-refractivity contribution is -0.115. The number of amides is 1. The van der Waals surface area contributed by atoms with Gasteiger partial charge in [0.1, 0.15) is 11.5 Å². The molecule has 0 saturated carbocycles. The van der Waals surface area contributed by atoms with Crippen molar-refractivity contribution in [2.24, 2.45) is 0 Å². The summed E-state index contributed by atoms with van der Waals surface area (Å²) in [4.78, 5) is 12.0. The summed E-state index contributed by atoms with van der Waals surface area (Å²) in [5.41, 5.74) is 1.36. The number of hydrogen-bond acceptors (Lipinski definition) is 4. The van der Waals surface area contributed by atoms with Gasteiger partial charge in [-0.15, -0.1) is 0 Å². The molecule has 2 rings (SSSR count). The summed E-state index contributed by atoms with van der Waals surface area (Å²) >= 11 is 11.8. The number of methoxy groups -OCH3 is 2. The number of halogens is 2. The minimum absolute atomic E-state index is 0.145. The summed E-state index contributed by atoms with van der Waals surface area (Å²) in [5.74, 6) is 1.21. The Balaban J connectivity index is 1.88. The monoisotopic (exact) mass is 368 g/mol. The van der Waals surface area contributed by atoms with Gasteiger partial charge in [-0.05, 0) is 30.3 Å². The van der Waals surface area contributed by atoms with Crippen LogP contribution < -0.4 is 20.1 Å². The quantitative estimate of drug-likeness (QED) is 0.757. The van der Waals surface area contributed by atoms with Gasteiger partial charge in [0, 0.05) is 34.8 Å². The predicted molar refractivity (Wildman–Crippen MR) is 97.7 cm³/mol. The summed E-state index contributed by atoms with van der Waals surface area (Å²) in [7, 11) is 3.17. The predicted octanol–water partition coefficient (Wildman–Crippen LogP) is 4.45. The molecule has 0 aliphatic rings. The summed E-state index contributed by atoms with van der Waals surface area (Å²) in [6.45, 7) is 0.447. The van der Waals surface area contributed by atoms with Crippen molar-refractivity contribution in [2.45, 2.75) is 6.42 Å². The first-order chi connectivity index (χ1) is 11.5. The van der Waals surface area contributed by atoms with Gasteiger partial charge in [-0.2, -0.15) is 0 Å². The third kappa shape index (κ3) is 5.22. The minimum Gasteiger partial charge on any atom is -0.497 e. The number of ether oxygens (including phenoxy) is 2. The molecule has 0 saturated heterocycles. The summed E-state index contributed by atoms with van der Waals surface area (Å²) in [6.07, 6.45) is 0.277. The Kier molecular flexibility index (Phi) is 6.58. The van der Waals surface area contributed by atoms with Gasteiger partial charge in [0.2, 0.25) is 5.91 Å². The van der Waals surface area contributed by atoms with E-state index in [1.54, 1.807) is 38.5 Å². The maximum Gasteiger partial charge on any atom is 0.226 e. The zero-order valence-corrected chi connectivity index (χ0v) is 14.9. The number of hydrogen-bond donors (Lipinski definition) is 2. The van der Waals surface area contributed by atoms with Crippen molar-refractivity contribution in [1.29, 1.82) is 0 Å². The molecule has 0 unspecified atom stereocenters. The van der Waals surface area contributed by atoms with Crippen LogP contribution in [0.25, 0.3) is 0 Å². The molecule has 128 valence electrons. The Morgan fingerprint density at radius 2 is 1.75 bits per heavy atom. The number of anilines is 2. The molecular weight excluding hydrogens is 351 g/mol. The molecule has 0 radical (unpaired) electrons. The van der Waals surface area contributed by atoms with Gasteiger partial charge in [-0.1, -0.05) is 23.2 Å². The van der Waals surface area contributed by atoms with Crippen LogP contribution >= 0.6 is 23.2 Å². The largest absolute Gasteiger partial charge is 0.497 e. The van der Waals surface area contributed by atoms with Crippen molar-refractivity contribution >= 4 is 40.5 Å². The molecule has 0 aliphatic heterocycles. The van der Waals surface area contributed by atoms with E-state index >= 15 is 0 Å². The van der Waals surface area contributed by atoms with Crippen LogP contribution in [0.15, 0.2) is 36.4 Å². The van der Waals surface area contributed by atoms with Crippen LogP contribution in [0.1, 0.15) is 6.42 Å². The molecule has 0 spiro atoms. The molecule has 0 fully saturated rings. The number of nitrogens with one attached hydrogen (secondary N) is 2. The van der Waals surface area contributed by atoms with Gasteiger partial charge in [0.05, 0.1) is 19.9 Å². The second-order valence-electron chi connectivity index (χ2n) is 4.95. The highest BCUT2D eigenvalue weighted by Crippen LogP contribution is 2.29. The molecule has 0 heterocycles. The van der Waals surface area contributed by atoms with E-state index in [0.29, 0.717) is 33.8 Å². The molecule has 1 amide bonds. The molecule has 2 aromatic carbocycles. The molecule has 0 aromatic heterocycles. The molecule has 0 aliphatic carbocycles. The van der Waals surface area contributed by atoms with Crippen molar-refractivity contribution in [3.8, 4) is 11.5 Å². The van der Waals surface area contributed by atoms with Crippen LogP contribution in [0.4, 0.5) is 11.4 Å². The zero-order chi connectivity index (χ0) is 17.5. The van der Waals surface area contributed by atoms with Crippen LogP contribution in [0, 0.1) is 0 Å². The van der Waals surface area contributed by atoms with Crippen LogP contribution in [0.2, 0.25) is 10.0 Å². The van der Waals surface area contributed by atoms with Gasteiger partial charge < -0.3 is 20.1 Å². The highest BCUT2D eigenvalue weighted by Gasteiger charge is 2.07. The van der Waals surface area contributed by atoms with E-state index in [1.807, 2.05) is 12.1 Å². The average molecular weight is 369 g/mol. The Labute approximate surface area is 150 Å². The average Bonchev–Trinajstić information content (AvgIpc) is 2.54.